The van der Waals surface area contributed by atoms with Crippen LogP contribution in [0.3, 0.4) is 0 Å². The summed E-state index contributed by atoms with van der Waals surface area (Å²) in [6, 6.07) is 10.3. The van der Waals surface area contributed by atoms with Crippen molar-refractivity contribution in [3.05, 3.63) is 54.0 Å². The van der Waals surface area contributed by atoms with Gasteiger partial charge in [0, 0.05) is 48.0 Å². The second kappa shape index (κ2) is 7.74. The second-order valence-corrected chi connectivity index (χ2v) is 6.92. The summed E-state index contributed by atoms with van der Waals surface area (Å²) in [6.07, 6.45) is 6.96. The number of nitrogens with zero attached hydrogens (tertiary/aromatic N) is 2. The van der Waals surface area contributed by atoms with Gasteiger partial charge in [-0.3, -0.25) is 9.48 Å². The number of benzene rings is 1. The number of carbonyl (C=O) groups is 1. The minimum absolute atomic E-state index is 0.0126. The third kappa shape index (κ3) is 3.65. The fourth-order valence-electron chi connectivity index (χ4n) is 3.79. The van der Waals surface area contributed by atoms with E-state index in [1.54, 1.807) is 6.20 Å². The number of aromatic amines is 1. The van der Waals surface area contributed by atoms with E-state index in [1.807, 2.05) is 29.1 Å². The molecule has 1 aliphatic rings. The van der Waals surface area contributed by atoms with E-state index in [-0.39, 0.29) is 12.5 Å². The standard InChI is InChI=1S/C20H25N5O/c26-20(14-25-19(8-11-24-25)16-4-3-9-21-12-16)22-10-7-15-13-23-18-6-2-1-5-17(15)18/h1-2,5-6,8,11,13,16,21,23H,3-4,7,9-10,12,14H2,(H,22,26)/t16-/m1/s1. The van der Waals surface area contributed by atoms with Crippen molar-refractivity contribution in [3.8, 4) is 0 Å². The Hall–Kier alpha value is -2.60. The molecular weight excluding hydrogens is 326 g/mol. The molecule has 0 spiro atoms. The summed E-state index contributed by atoms with van der Waals surface area (Å²) in [4.78, 5) is 15.6. The molecule has 6 heteroatoms. The molecule has 0 bridgehead atoms. The molecule has 1 saturated heterocycles. The fraction of sp³-hybridized carbons (Fsp3) is 0.400. The van der Waals surface area contributed by atoms with Gasteiger partial charge in [-0.25, -0.2) is 0 Å². The second-order valence-electron chi connectivity index (χ2n) is 6.92. The predicted octanol–water partition coefficient (Wildman–Crippen LogP) is 2.19. The Morgan fingerprint density at radius 2 is 2.23 bits per heavy atom. The number of hydrogen-bond acceptors (Lipinski definition) is 3. The predicted molar refractivity (Wildman–Crippen MR) is 102 cm³/mol. The lowest BCUT2D eigenvalue weighted by atomic mass is 9.96. The van der Waals surface area contributed by atoms with Crippen LogP contribution < -0.4 is 10.6 Å². The molecule has 1 fully saturated rings. The van der Waals surface area contributed by atoms with Crippen LogP contribution in [0.5, 0.6) is 0 Å². The normalized spacial score (nSPS) is 17.5. The SMILES string of the molecule is O=C(Cn1nccc1[C@@H]1CCCNC1)NCCc1c[nH]c2ccccc12. The van der Waals surface area contributed by atoms with Gasteiger partial charge in [-0.15, -0.1) is 0 Å². The first kappa shape index (κ1) is 16.8. The van der Waals surface area contributed by atoms with E-state index in [1.165, 1.54) is 17.4 Å². The summed E-state index contributed by atoms with van der Waals surface area (Å²) < 4.78 is 1.85. The van der Waals surface area contributed by atoms with Crippen molar-refractivity contribution >= 4 is 16.8 Å². The topological polar surface area (TPSA) is 74.7 Å². The van der Waals surface area contributed by atoms with Crippen LogP contribution in [-0.2, 0) is 17.8 Å². The van der Waals surface area contributed by atoms with Gasteiger partial charge in [-0.05, 0) is 43.5 Å². The Bertz CT molecular complexity index is 875. The first-order valence-corrected chi connectivity index (χ1v) is 9.35. The Morgan fingerprint density at radius 3 is 3.12 bits per heavy atom. The molecule has 1 aliphatic heterocycles. The number of hydrogen-bond donors (Lipinski definition) is 3. The van der Waals surface area contributed by atoms with Gasteiger partial charge in [0.15, 0.2) is 0 Å². The number of amides is 1. The molecule has 2 aromatic heterocycles. The molecule has 26 heavy (non-hydrogen) atoms. The number of H-pyrrole nitrogens is 1. The Morgan fingerprint density at radius 1 is 1.31 bits per heavy atom. The zero-order valence-electron chi connectivity index (χ0n) is 14.9. The smallest absolute Gasteiger partial charge is 0.241 e. The maximum Gasteiger partial charge on any atom is 0.241 e. The number of nitrogens with one attached hydrogen (secondary N) is 3. The maximum absolute atomic E-state index is 12.3. The van der Waals surface area contributed by atoms with Crippen LogP contribution in [0.25, 0.3) is 10.9 Å². The van der Waals surface area contributed by atoms with Crippen LogP contribution in [0.4, 0.5) is 0 Å². The number of fused-ring (bicyclic) bond motifs is 1. The van der Waals surface area contributed by atoms with E-state index in [0.29, 0.717) is 12.5 Å². The maximum atomic E-state index is 12.3. The molecule has 0 saturated carbocycles. The molecule has 6 nitrogen and oxygen atoms in total. The van der Waals surface area contributed by atoms with E-state index < -0.39 is 0 Å². The van der Waals surface area contributed by atoms with Gasteiger partial charge in [0.25, 0.3) is 0 Å². The van der Waals surface area contributed by atoms with E-state index in [2.05, 4.69) is 32.8 Å². The molecule has 3 N–H and O–H groups in total. The van der Waals surface area contributed by atoms with Gasteiger partial charge in [0.05, 0.1) is 0 Å². The average molecular weight is 351 g/mol. The largest absolute Gasteiger partial charge is 0.361 e. The van der Waals surface area contributed by atoms with E-state index >= 15 is 0 Å². The summed E-state index contributed by atoms with van der Waals surface area (Å²) in [5, 5.41) is 12.0. The zero-order chi connectivity index (χ0) is 17.8. The lowest BCUT2D eigenvalue weighted by Gasteiger charge is -2.23. The first-order chi connectivity index (χ1) is 12.8. The first-order valence-electron chi connectivity index (χ1n) is 9.35. The summed E-state index contributed by atoms with van der Waals surface area (Å²) in [6.45, 7) is 2.96. The molecule has 3 heterocycles. The van der Waals surface area contributed by atoms with Crippen LogP contribution in [-0.4, -0.2) is 40.3 Å². The van der Waals surface area contributed by atoms with Crippen molar-refractivity contribution in [2.45, 2.75) is 31.7 Å². The molecule has 0 aliphatic carbocycles. The van der Waals surface area contributed by atoms with Crippen molar-refractivity contribution in [3.63, 3.8) is 0 Å². The molecule has 4 rings (SSSR count). The summed E-state index contributed by atoms with van der Waals surface area (Å²) in [7, 11) is 0. The molecule has 1 atom stereocenters. The Kier molecular flexibility index (Phi) is 5.02. The average Bonchev–Trinajstić information content (AvgIpc) is 3.30. The number of para-hydroxylation sites is 1. The van der Waals surface area contributed by atoms with Gasteiger partial charge in [-0.1, -0.05) is 18.2 Å². The van der Waals surface area contributed by atoms with Crippen molar-refractivity contribution in [2.75, 3.05) is 19.6 Å². The highest BCUT2D eigenvalue weighted by molar-refractivity contribution is 5.83. The third-order valence-corrected chi connectivity index (χ3v) is 5.15. The number of piperidine rings is 1. The van der Waals surface area contributed by atoms with Gasteiger partial charge in [0.1, 0.15) is 6.54 Å². The fourth-order valence-corrected chi connectivity index (χ4v) is 3.79. The number of aromatic nitrogens is 3. The van der Waals surface area contributed by atoms with Crippen molar-refractivity contribution in [1.82, 2.24) is 25.4 Å². The lowest BCUT2D eigenvalue weighted by Crippen LogP contribution is -2.33. The Balaban J connectivity index is 1.31. The monoisotopic (exact) mass is 351 g/mol. The van der Waals surface area contributed by atoms with E-state index in [4.69, 9.17) is 0 Å². The van der Waals surface area contributed by atoms with Crippen LogP contribution in [0.1, 0.15) is 30.0 Å². The number of carbonyl (C=O) groups excluding carboxylic acids is 1. The van der Waals surface area contributed by atoms with E-state index in [9.17, 15) is 4.79 Å². The summed E-state index contributed by atoms with van der Waals surface area (Å²) in [5.74, 6) is 0.462. The molecule has 3 aromatic rings. The number of rotatable bonds is 6. The van der Waals surface area contributed by atoms with Crippen LogP contribution in [0, 0.1) is 0 Å². The molecule has 136 valence electrons. The Labute approximate surface area is 153 Å². The minimum Gasteiger partial charge on any atom is -0.361 e. The highest BCUT2D eigenvalue weighted by Crippen LogP contribution is 2.22. The molecular formula is C20H25N5O. The van der Waals surface area contributed by atoms with E-state index in [0.717, 1.165) is 37.1 Å². The van der Waals surface area contributed by atoms with Gasteiger partial charge in [-0.2, -0.15) is 5.10 Å². The molecule has 0 radical (unpaired) electrons. The molecule has 0 unspecified atom stereocenters. The van der Waals surface area contributed by atoms with Crippen LogP contribution in [0.15, 0.2) is 42.7 Å². The molecule has 1 aromatic carbocycles. The summed E-state index contributed by atoms with van der Waals surface area (Å²) in [5.41, 5.74) is 3.52. The van der Waals surface area contributed by atoms with Crippen LogP contribution >= 0.6 is 0 Å². The quantitative estimate of drug-likeness (QED) is 0.637. The van der Waals surface area contributed by atoms with Crippen molar-refractivity contribution < 1.29 is 4.79 Å². The van der Waals surface area contributed by atoms with Gasteiger partial charge in [0.2, 0.25) is 5.91 Å². The highest BCUT2D eigenvalue weighted by atomic mass is 16.2. The van der Waals surface area contributed by atoms with Crippen molar-refractivity contribution in [1.29, 1.82) is 0 Å². The minimum atomic E-state index is 0.0126. The highest BCUT2D eigenvalue weighted by Gasteiger charge is 2.19. The zero-order valence-corrected chi connectivity index (χ0v) is 14.9. The summed E-state index contributed by atoms with van der Waals surface area (Å²) >= 11 is 0. The lowest BCUT2D eigenvalue weighted by molar-refractivity contribution is -0.121. The third-order valence-electron chi connectivity index (χ3n) is 5.15. The molecule has 1 amide bonds. The van der Waals surface area contributed by atoms with Gasteiger partial charge < -0.3 is 15.6 Å². The van der Waals surface area contributed by atoms with Crippen LogP contribution in [0.2, 0.25) is 0 Å². The van der Waals surface area contributed by atoms with Crippen molar-refractivity contribution in [2.24, 2.45) is 0 Å². The van der Waals surface area contributed by atoms with Gasteiger partial charge >= 0.3 is 0 Å².